The highest BCUT2D eigenvalue weighted by Crippen LogP contribution is 2.23. The van der Waals surface area contributed by atoms with Crippen LogP contribution in [0.3, 0.4) is 0 Å². The van der Waals surface area contributed by atoms with Gasteiger partial charge in [0.2, 0.25) is 0 Å². The largest absolute Gasteiger partial charge is 0.337 e. The molecule has 0 aromatic carbocycles. The van der Waals surface area contributed by atoms with Crippen LogP contribution < -0.4 is 0 Å². The van der Waals surface area contributed by atoms with E-state index in [0.29, 0.717) is 5.92 Å². The quantitative estimate of drug-likeness (QED) is 0.696. The molecule has 3 aromatic heterocycles. The fraction of sp³-hybridized carbons (Fsp3) is 0.176. The lowest BCUT2D eigenvalue weighted by atomic mass is 9.90. The molecular formula is C17H17N4. The van der Waals surface area contributed by atoms with E-state index in [-0.39, 0.29) is 0 Å². The van der Waals surface area contributed by atoms with Gasteiger partial charge >= 0.3 is 0 Å². The molecule has 0 bridgehead atoms. The summed E-state index contributed by atoms with van der Waals surface area (Å²) in [6.45, 7) is 0.838. The van der Waals surface area contributed by atoms with Crippen molar-refractivity contribution in [1.29, 1.82) is 0 Å². The van der Waals surface area contributed by atoms with Crippen molar-refractivity contribution in [3.8, 4) is 0 Å². The Hall–Kier alpha value is -2.49. The van der Waals surface area contributed by atoms with Crippen LogP contribution in [0.2, 0.25) is 0 Å². The molecule has 21 heavy (non-hydrogen) atoms. The van der Waals surface area contributed by atoms with Crippen molar-refractivity contribution in [2.45, 2.75) is 18.9 Å². The van der Waals surface area contributed by atoms with Gasteiger partial charge in [0.05, 0.1) is 6.33 Å². The molecule has 4 nitrogen and oxygen atoms in total. The number of imidazole rings is 1. The first kappa shape index (κ1) is 13.5. The predicted molar refractivity (Wildman–Crippen MR) is 81.4 cm³/mol. The summed E-state index contributed by atoms with van der Waals surface area (Å²) in [4.78, 5) is 12.4. The lowest BCUT2D eigenvalue weighted by molar-refractivity contribution is 0.667. The van der Waals surface area contributed by atoms with E-state index < -0.39 is 0 Å². The van der Waals surface area contributed by atoms with Crippen molar-refractivity contribution >= 4 is 0 Å². The van der Waals surface area contributed by atoms with Gasteiger partial charge in [-0.2, -0.15) is 0 Å². The van der Waals surface area contributed by atoms with E-state index in [0.717, 1.165) is 13.0 Å². The van der Waals surface area contributed by atoms with Gasteiger partial charge in [0, 0.05) is 43.7 Å². The van der Waals surface area contributed by atoms with Gasteiger partial charge in [0.25, 0.3) is 0 Å². The average Bonchev–Trinajstić information content (AvgIpc) is 3.07. The molecule has 105 valence electrons. The molecule has 0 N–H and O–H groups in total. The fourth-order valence-corrected chi connectivity index (χ4v) is 2.35. The Morgan fingerprint density at radius 2 is 1.90 bits per heavy atom. The van der Waals surface area contributed by atoms with Crippen LogP contribution in [0.1, 0.15) is 17.0 Å². The minimum Gasteiger partial charge on any atom is -0.337 e. The zero-order valence-corrected chi connectivity index (χ0v) is 11.7. The second-order valence-corrected chi connectivity index (χ2v) is 4.95. The third-order valence-electron chi connectivity index (χ3n) is 3.48. The summed E-state index contributed by atoms with van der Waals surface area (Å²) >= 11 is 0. The lowest BCUT2D eigenvalue weighted by Crippen LogP contribution is -2.08. The minimum atomic E-state index is 0.323. The first-order valence-corrected chi connectivity index (χ1v) is 7.00. The summed E-state index contributed by atoms with van der Waals surface area (Å²) in [6, 6.07) is 8.24. The molecule has 3 aromatic rings. The standard InChI is InChI=1S/C17H17N4/c1-2-17(13-19-6-1)16(5-10-21-11-9-20-14-21)12-15-3-7-18-8-4-15/h1-9,11,13-14,16H,10,12H2. The van der Waals surface area contributed by atoms with E-state index in [9.17, 15) is 0 Å². The van der Waals surface area contributed by atoms with Gasteiger partial charge in [0.1, 0.15) is 0 Å². The van der Waals surface area contributed by atoms with Crippen LogP contribution in [0.25, 0.3) is 0 Å². The van der Waals surface area contributed by atoms with Crippen molar-refractivity contribution in [2.24, 2.45) is 0 Å². The Morgan fingerprint density at radius 3 is 2.62 bits per heavy atom. The highest BCUT2D eigenvalue weighted by Gasteiger charge is 2.13. The summed E-state index contributed by atoms with van der Waals surface area (Å²) in [5.74, 6) is 0.323. The SMILES string of the molecule is [CH](Cn1ccnc1)C(Cc1ccncc1)c1cccnc1. The number of hydrogen-bond donors (Lipinski definition) is 0. The van der Waals surface area contributed by atoms with E-state index in [2.05, 4.69) is 44.1 Å². The van der Waals surface area contributed by atoms with Gasteiger partial charge in [-0.1, -0.05) is 6.07 Å². The second kappa shape index (κ2) is 6.79. The molecule has 0 amide bonds. The van der Waals surface area contributed by atoms with Crippen molar-refractivity contribution in [1.82, 2.24) is 19.5 Å². The monoisotopic (exact) mass is 277 g/mol. The van der Waals surface area contributed by atoms with E-state index in [1.54, 1.807) is 6.20 Å². The molecule has 0 saturated carbocycles. The Kier molecular flexibility index (Phi) is 4.36. The molecule has 3 heterocycles. The van der Waals surface area contributed by atoms with Crippen molar-refractivity contribution in [3.05, 3.63) is 85.3 Å². The molecule has 0 aliphatic heterocycles. The maximum atomic E-state index is 4.24. The minimum absolute atomic E-state index is 0.323. The highest BCUT2D eigenvalue weighted by atomic mass is 15.0. The molecule has 0 fully saturated rings. The van der Waals surface area contributed by atoms with Crippen molar-refractivity contribution in [3.63, 3.8) is 0 Å². The Morgan fingerprint density at radius 1 is 1.00 bits per heavy atom. The predicted octanol–water partition coefficient (Wildman–Crippen LogP) is 2.90. The lowest BCUT2D eigenvalue weighted by Gasteiger charge is -2.17. The molecule has 3 rings (SSSR count). The van der Waals surface area contributed by atoms with E-state index in [4.69, 9.17) is 0 Å². The summed E-state index contributed by atoms with van der Waals surface area (Å²) < 4.78 is 2.07. The third kappa shape index (κ3) is 3.75. The van der Waals surface area contributed by atoms with Crippen LogP contribution in [-0.2, 0) is 13.0 Å². The van der Waals surface area contributed by atoms with E-state index in [1.807, 2.05) is 43.4 Å². The van der Waals surface area contributed by atoms with Crippen molar-refractivity contribution in [2.75, 3.05) is 0 Å². The third-order valence-corrected chi connectivity index (χ3v) is 3.48. The molecule has 0 aliphatic rings. The molecule has 1 unspecified atom stereocenters. The second-order valence-electron chi connectivity index (χ2n) is 4.95. The summed E-state index contributed by atoms with van der Waals surface area (Å²) in [5.41, 5.74) is 2.51. The van der Waals surface area contributed by atoms with Gasteiger partial charge in [-0.05, 0) is 48.1 Å². The van der Waals surface area contributed by atoms with Crippen LogP contribution in [0.4, 0.5) is 0 Å². The van der Waals surface area contributed by atoms with E-state index in [1.165, 1.54) is 11.1 Å². The Bertz CT molecular complexity index is 635. The first-order chi connectivity index (χ1) is 10.4. The maximum absolute atomic E-state index is 4.24. The average molecular weight is 277 g/mol. The van der Waals surface area contributed by atoms with Crippen LogP contribution in [0, 0.1) is 6.42 Å². The number of pyridine rings is 2. The van der Waals surface area contributed by atoms with E-state index >= 15 is 0 Å². The Balaban J connectivity index is 1.74. The summed E-state index contributed by atoms with van der Waals surface area (Å²) in [7, 11) is 0. The Labute approximate surface area is 124 Å². The highest BCUT2D eigenvalue weighted by molar-refractivity contribution is 5.23. The first-order valence-electron chi connectivity index (χ1n) is 7.00. The molecule has 0 spiro atoms. The molecular weight excluding hydrogens is 260 g/mol. The fourth-order valence-electron chi connectivity index (χ4n) is 2.35. The summed E-state index contributed by atoms with van der Waals surface area (Å²) in [5, 5.41) is 0. The maximum Gasteiger partial charge on any atom is 0.0946 e. The summed E-state index contributed by atoms with van der Waals surface area (Å²) in [6.07, 6.45) is 16.3. The van der Waals surface area contributed by atoms with Crippen molar-refractivity contribution < 1.29 is 0 Å². The zero-order chi connectivity index (χ0) is 14.3. The molecule has 0 saturated heterocycles. The van der Waals surface area contributed by atoms with Gasteiger partial charge in [-0.15, -0.1) is 0 Å². The topological polar surface area (TPSA) is 43.6 Å². The molecule has 1 atom stereocenters. The number of rotatable bonds is 6. The van der Waals surface area contributed by atoms with Gasteiger partial charge in [-0.3, -0.25) is 9.97 Å². The zero-order valence-electron chi connectivity index (χ0n) is 11.7. The van der Waals surface area contributed by atoms with Gasteiger partial charge < -0.3 is 4.57 Å². The van der Waals surface area contributed by atoms with Gasteiger partial charge in [0.15, 0.2) is 0 Å². The molecule has 1 radical (unpaired) electrons. The molecule has 0 aliphatic carbocycles. The van der Waals surface area contributed by atoms with Crippen LogP contribution >= 0.6 is 0 Å². The number of nitrogens with zero attached hydrogens (tertiary/aromatic N) is 4. The van der Waals surface area contributed by atoms with Crippen LogP contribution in [0.15, 0.2) is 67.8 Å². The molecule has 4 heteroatoms. The number of aromatic nitrogens is 4. The van der Waals surface area contributed by atoms with Crippen LogP contribution in [0.5, 0.6) is 0 Å². The van der Waals surface area contributed by atoms with Gasteiger partial charge in [-0.25, -0.2) is 4.98 Å². The smallest absolute Gasteiger partial charge is 0.0946 e. The number of hydrogen-bond acceptors (Lipinski definition) is 3. The van der Waals surface area contributed by atoms with Crippen LogP contribution in [-0.4, -0.2) is 19.5 Å². The normalized spacial score (nSPS) is 12.2.